The first-order valence-corrected chi connectivity index (χ1v) is 17.3. The van der Waals surface area contributed by atoms with Gasteiger partial charge in [0.2, 0.25) is 6.86 Å². The second-order valence-corrected chi connectivity index (χ2v) is 14.3. The number of thiophene rings is 1. The summed E-state index contributed by atoms with van der Waals surface area (Å²) in [5, 5.41) is 7.13. The van der Waals surface area contributed by atoms with Gasteiger partial charge in [-0.25, -0.2) is 8.78 Å². The number of morpholine rings is 1. The fraction of sp³-hybridized carbons (Fsp3) is 0.543. The van der Waals surface area contributed by atoms with Gasteiger partial charge in [0.25, 0.3) is 0 Å². The summed E-state index contributed by atoms with van der Waals surface area (Å²) in [6, 6.07) is 8.94. The van der Waals surface area contributed by atoms with Gasteiger partial charge in [0.15, 0.2) is 0 Å². The van der Waals surface area contributed by atoms with Crippen LogP contribution in [-0.2, 0) is 15.9 Å². The smallest absolute Gasteiger partial charge is 0.393 e. The van der Waals surface area contributed by atoms with Crippen LogP contribution < -0.4 is 20.3 Å². The molecule has 2 aromatic carbocycles. The fourth-order valence-corrected chi connectivity index (χ4v) is 8.55. The van der Waals surface area contributed by atoms with Crippen LogP contribution in [0, 0.1) is 23.1 Å². The fourth-order valence-electron chi connectivity index (χ4n) is 7.38. The zero-order chi connectivity index (χ0) is 33.3. The van der Waals surface area contributed by atoms with E-state index in [4.69, 9.17) is 14.2 Å². The van der Waals surface area contributed by atoms with E-state index < -0.39 is 25.3 Å². The van der Waals surface area contributed by atoms with Crippen LogP contribution in [0.25, 0.3) is 10.1 Å². The second-order valence-electron chi connectivity index (χ2n) is 13.2. The molecule has 3 aliphatic heterocycles. The van der Waals surface area contributed by atoms with E-state index >= 15 is 4.39 Å². The van der Waals surface area contributed by atoms with Crippen molar-refractivity contribution in [3.63, 3.8) is 0 Å². The number of ether oxygens (including phenoxy) is 3. The van der Waals surface area contributed by atoms with E-state index in [0.29, 0.717) is 48.0 Å². The van der Waals surface area contributed by atoms with Crippen LogP contribution in [0.15, 0.2) is 30.3 Å². The Bertz CT molecular complexity index is 1660. The van der Waals surface area contributed by atoms with Gasteiger partial charge in [-0.15, -0.1) is 11.3 Å². The summed E-state index contributed by atoms with van der Waals surface area (Å²) in [5.41, 5.74) is 1.86. The van der Waals surface area contributed by atoms with Crippen molar-refractivity contribution in [3.05, 3.63) is 46.6 Å². The number of likely N-dealkylation sites (tertiary alicyclic amines) is 1. The number of fused-ring (bicyclic) bond motifs is 1. The Kier molecular flexibility index (Phi) is 9.61. The zero-order valence-electron chi connectivity index (χ0n) is 26.6. The number of hydrogen-bond donors (Lipinski definition) is 2. The number of rotatable bonds is 9. The number of hydrogen-bond acceptors (Lipinski definition) is 8. The van der Waals surface area contributed by atoms with E-state index in [1.165, 1.54) is 23.5 Å². The zero-order valence-corrected chi connectivity index (χ0v) is 27.4. The lowest BCUT2D eigenvalue weighted by atomic mass is 9.75. The molecule has 0 amide bonds. The average molecular weight is 691 g/mol. The number of halogens is 5. The SMILES string of the molecule is FCOc1cc(N2CCOCC2)c(F)cc1NCC#Cc1sc2c(NC3CCC(N4CC5(COC5)C4)CC3)cccc2c1CC(F)(F)F. The standard InChI is InChI=1S/C35H39F5N4O3S/c36-22-47-31-16-30(43-11-13-45-14-12-43)27(37)15-29(31)41-10-2-5-32-26(17-35(38,39)40)25-3-1-4-28(33(25)48-32)42-23-6-8-24(9-7-23)44-18-34(19-44)20-46-21-34/h1,3-4,15-16,23-24,41-42H,6-14,17-22H2. The Morgan fingerprint density at radius 3 is 2.48 bits per heavy atom. The molecule has 1 spiro atoms. The van der Waals surface area contributed by atoms with Gasteiger partial charge in [-0.05, 0) is 42.7 Å². The molecule has 1 aliphatic carbocycles. The van der Waals surface area contributed by atoms with E-state index in [-0.39, 0.29) is 35.3 Å². The highest BCUT2D eigenvalue weighted by Crippen LogP contribution is 2.43. The van der Waals surface area contributed by atoms with E-state index in [2.05, 4.69) is 27.4 Å². The maximum absolute atomic E-state index is 15.1. The molecule has 1 saturated carbocycles. The number of nitrogens with one attached hydrogen (secondary N) is 2. The van der Waals surface area contributed by atoms with Gasteiger partial charge >= 0.3 is 6.18 Å². The van der Waals surface area contributed by atoms with Gasteiger partial charge in [-0.2, -0.15) is 13.2 Å². The molecule has 4 aliphatic rings. The molecule has 4 heterocycles. The molecule has 4 fully saturated rings. The molecule has 7 rings (SSSR count). The minimum atomic E-state index is -4.41. The van der Waals surface area contributed by atoms with Crippen molar-refractivity contribution < 1.29 is 36.2 Å². The summed E-state index contributed by atoms with van der Waals surface area (Å²) >= 11 is 1.25. The largest absolute Gasteiger partial charge is 0.461 e. The van der Waals surface area contributed by atoms with Gasteiger partial charge in [0.1, 0.15) is 11.6 Å². The van der Waals surface area contributed by atoms with E-state index in [1.807, 2.05) is 6.07 Å². The van der Waals surface area contributed by atoms with Crippen molar-refractivity contribution in [2.75, 3.05) is 81.5 Å². The monoisotopic (exact) mass is 690 g/mol. The quantitative estimate of drug-likeness (QED) is 0.189. The summed E-state index contributed by atoms with van der Waals surface area (Å²) < 4.78 is 86.2. The molecule has 3 aromatic rings. The Labute approximate surface area is 280 Å². The number of nitrogens with zero attached hydrogens (tertiary/aromatic N) is 2. The third-order valence-corrected chi connectivity index (χ3v) is 11.0. The molecular formula is C35H39F5N4O3S. The van der Waals surface area contributed by atoms with Crippen LogP contribution in [0.1, 0.15) is 36.1 Å². The molecule has 0 atom stereocenters. The minimum absolute atomic E-state index is 0.0157. The highest BCUT2D eigenvalue weighted by molar-refractivity contribution is 7.20. The highest BCUT2D eigenvalue weighted by Gasteiger charge is 2.50. The van der Waals surface area contributed by atoms with Crippen molar-refractivity contribution in [1.29, 1.82) is 0 Å². The van der Waals surface area contributed by atoms with Crippen molar-refractivity contribution in [1.82, 2.24) is 4.90 Å². The third kappa shape index (κ3) is 7.18. The lowest BCUT2D eigenvalue weighted by Crippen LogP contribution is -2.68. The molecule has 258 valence electrons. The summed E-state index contributed by atoms with van der Waals surface area (Å²) in [4.78, 5) is 4.72. The summed E-state index contributed by atoms with van der Waals surface area (Å²) in [5.74, 6) is 5.44. The Hall–Kier alpha value is -3.31. The van der Waals surface area contributed by atoms with Crippen LogP contribution in [0.4, 0.5) is 39.0 Å². The maximum Gasteiger partial charge on any atom is 0.393 e. The van der Waals surface area contributed by atoms with Gasteiger partial charge in [0, 0.05) is 55.8 Å². The van der Waals surface area contributed by atoms with Crippen molar-refractivity contribution in [2.24, 2.45) is 5.41 Å². The third-order valence-electron chi connectivity index (χ3n) is 9.84. The average Bonchev–Trinajstić information content (AvgIpc) is 3.37. The Morgan fingerprint density at radius 1 is 1.02 bits per heavy atom. The molecule has 2 N–H and O–H groups in total. The molecule has 0 unspecified atom stereocenters. The molecule has 7 nitrogen and oxygen atoms in total. The second kappa shape index (κ2) is 13.9. The molecule has 0 radical (unpaired) electrons. The highest BCUT2D eigenvalue weighted by atomic mass is 32.1. The first-order chi connectivity index (χ1) is 23.2. The maximum atomic E-state index is 15.1. The van der Waals surface area contributed by atoms with Crippen LogP contribution in [0.5, 0.6) is 5.75 Å². The van der Waals surface area contributed by atoms with Gasteiger partial charge in [0.05, 0.1) is 66.0 Å². The summed E-state index contributed by atoms with van der Waals surface area (Å²) in [6.07, 6.45) is -1.31. The minimum Gasteiger partial charge on any atom is -0.461 e. The van der Waals surface area contributed by atoms with Gasteiger partial charge in [-0.3, -0.25) is 4.90 Å². The lowest BCUT2D eigenvalue weighted by Gasteiger charge is -2.58. The van der Waals surface area contributed by atoms with Crippen LogP contribution in [0.3, 0.4) is 0 Å². The topological polar surface area (TPSA) is 58.2 Å². The van der Waals surface area contributed by atoms with Crippen molar-refractivity contribution >= 4 is 38.5 Å². The predicted molar refractivity (Wildman–Crippen MR) is 177 cm³/mol. The van der Waals surface area contributed by atoms with E-state index in [0.717, 1.165) is 62.4 Å². The van der Waals surface area contributed by atoms with Crippen LogP contribution in [-0.4, -0.2) is 89.2 Å². The summed E-state index contributed by atoms with van der Waals surface area (Å²) in [6.45, 7) is 4.78. The molecule has 13 heteroatoms. The Balaban J connectivity index is 1.05. The van der Waals surface area contributed by atoms with E-state index in [1.54, 1.807) is 17.0 Å². The number of anilines is 3. The van der Waals surface area contributed by atoms with Crippen LogP contribution in [0.2, 0.25) is 0 Å². The van der Waals surface area contributed by atoms with Crippen LogP contribution >= 0.6 is 11.3 Å². The van der Waals surface area contributed by atoms with E-state index in [9.17, 15) is 17.6 Å². The van der Waals surface area contributed by atoms with Gasteiger partial charge in [-0.1, -0.05) is 24.0 Å². The first kappa shape index (κ1) is 33.2. The first-order valence-electron chi connectivity index (χ1n) is 16.5. The normalized spacial score (nSPS) is 22.5. The van der Waals surface area contributed by atoms with Crippen molar-refractivity contribution in [2.45, 2.75) is 50.4 Å². The van der Waals surface area contributed by atoms with Crippen molar-refractivity contribution in [3.8, 4) is 17.6 Å². The molecule has 3 saturated heterocycles. The summed E-state index contributed by atoms with van der Waals surface area (Å²) in [7, 11) is 0. The van der Waals surface area contributed by atoms with Gasteiger partial charge < -0.3 is 29.7 Å². The molecule has 48 heavy (non-hydrogen) atoms. The lowest BCUT2D eigenvalue weighted by molar-refractivity contribution is -0.200. The Morgan fingerprint density at radius 2 is 1.79 bits per heavy atom. The predicted octanol–water partition coefficient (Wildman–Crippen LogP) is 6.81. The number of alkyl halides is 4. The molecule has 1 aromatic heterocycles. The number of benzene rings is 2. The molecule has 0 bridgehead atoms. The molecular weight excluding hydrogens is 651 g/mol.